The number of aromatic nitrogens is 4. The fraction of sp³-hybridized carbons (Fsp3) is 0.310. The molecule has 0 bridgehead atoms. The molecule has 1 amide bonds. The number of likely N-dealkylation sites (tertiary alicyclic amines) is 1. The summed E-state index contributed by atoms with van der Waals surface area (Å²) in [6.07, 6.45) is 9.18. The molecule has 39 heavy (non-hydrogen) atoms. The maximum atomic E-state index is 12.4. The minimum atomic E-state index is -0.276. The second-order valence-electron chi connectivity index (χ2n) is 10.3. The van der Waals surface area contributed by atoms with Gasteiger partial charge in [0.05, 0.1) is 46.4 Å². The second kappa shape index (κ2) is 9.70. The highest BCUT2D eigenvalue weighted by Gasteiger charge is 2.49. The molecule has 0 unspecified atom stereocenters. The molecule has 3 aromatic heterocycles. The molecule has 10 heteroatoms. The number of hydrogen-bond donors (Lipinski definition) is 2. The SMILES string of the molecule is C=CC(=O)Nc1cc(Nc2nccc(-c3cn(C)c4cccnc34)n2)c(OC)cc1N1CC2(CCCN2C)C1. The normalized spacial score (nSPS) is 16.3. The van der Waals surface area contributed by atoms with Crippen molar-refractivity contribution in [3.63, 3.8) is 0 Å². The Balaban J connectivity index is 1.33. The summed E-state index contributed by atoms with van der Waals surface area (Å²) in [7, 11) is 5.82. The zero-order valence-corrected chi connectivity index (χ0v) is 22.4. The molecule has 0 radical (unpaired) electrons. The number of likely N-dealkylation sites (N-methyl/N-ethyl adjacent to an activating group) is 1. The van der Waals surface area contributed by atoms with E-state index in [1.165, 1.54) is 18.9 Å². The van der Waals surface area contributed by atoms with E-state index in [0.29, 0.717) is 23.1 Å². The first-order valence-corrected chi connectivity index (χ1v) is 13.0. The molecule has 2 aliphatic heterocycles. The second-order valence-corrected chi connectivity index (χ2v) is 10.3. The van der Waals surface area contributed by atoms with E-state index in [2.05, 4.69) is 44.0 Å². The van der Waals surface area contributed by atoms with Crippen molar-refractivity contribution in [1.82, 2.24) is 24.4 Å². The summed E-state index contributed by atoms with van der Waals surface area (Å²) in [6, 6.07) is 9.65. The third kappa shape index (κ3) is 4.36. The van der Waals surface area contributed by atoms with Crippen molar-refractivity contribution in [3.05, 3.63) is 61.6 Å². The number of rotatable bonds is 7. The topological polar surface area (TPSA) is 100 Å². The number of hydrogen-bond acceptors (Lipinski definition) is 8. The van der Waals surface area contributed by atoms with Crippen LogP contribution in [0.2, 0.25) is 0 Å². The molecule has 2 aliphatic rings. The number of ether oxygens (including phenoxy) is 1. The van der Waals surface area contributed by atoms with Gasteiger partial charge in [-0.3, -0.25) is 14.7 Å². The lowest BCUT2D eigenvalue weighted by Gasteiger charge is -2.53. The number of fused-ring (bicyclic) bond motifs is 1. The molecule has 2 fully saturated rings. The van der Waals surface area contributed by atoms with E-state index in [1.807, 2.05) is 48.1 Å². The average Bonchev–Trinajstić information content (AvgIpc) is 3.48. The highest BCUT2D eigenvalue weighted by Crippen LogP contribution is 2.45. The third-order valence-corrected chi connectivity index (χ3v) is 7.94. The molecule has 5 heterocycles. The van der Waals surface area contributed by atoms with E-state index in [1.54, 1.807) is 19.5 Å². The first kappa shape index (κ1) is 24.9. The number of pyridine rings is 1. The van der Waals surface area contributed by atoms with Crippen LogP contribution >= 0.6 is 0 Å². The monoisotopic (exact) mass is 524 g/mol. The maximum absolute atomic E-state index is 12.4. The van der Waals surface area contributed by atoms with Crippen LogP contribution in [0, 0.1) is 0 Å². The Kier molecular flexibility index (Phi) is 6.19. The van der Waals surface area contributed by atoms with Crippen LogP contribution in [-0.2, 0) is 11.8 Å². The molecule has 10 nitrogen and oxygen atoms in total. The van der Waals surface area contributed by atoms with Gasteiger partial charge >= 0.3 is 0 Å². The molecule has 0 atom stereocenters. The zero-order valence-electron chi connectivity index (χ0n) is 22.4. The Morgan fingerprint density at radius 3 is 2.74 bits per heavy atom. The Morgan fingerprint density at radius 2 is 2.00 bits per heavy atom. The van der Waals surface area contributed by atoms with Crippen LogP contribution in [0.4, 0.5) is 23.0 Å². The lowest BCUT2D eigenvalue weighted by molar-refractivity contribution is -0.111. The lowest BCUT2D eigenvalue weighted by Crippen LogP contribution is -2.67. The van der Waals surface area contributed by atoms with E-state index in [4.69, 9.17) is 9.72 Å². The molecule has 1 aromatic carbocycles. The number of anilines is 4. The smallest absolute Gasteiger partial charge is 0.247 e. The van der Waals surface area contributed by atoms with Crippen LogP contribution in [0.3, 0.4) is 0 Å². The number of carbonyl (C=O) groups is 1. The number of methoxy groups -OCH3 is 1. The summed E-state index contributed by atoms with van der Waals surface area (Å²) < 4.78 is 7.81. The van der Waals surface area contributed by atoms with Gasteiger partial charge in [-0.1, -0.05) is 6.58 Å². The molecular weight excluding hydrogens is 492 g/mol. The van der Waals surface area contributed by atoms with Gasteiger partial charge in [0, 0.05) is 50.4 Å². The quantitative estimate of drug-likeness (QED) is 0.347. The molecular formula is C29H32N8O2. The third-order valence-electron chi connectivity index (χ3n) is 7.94. The van der Waals surface area contributed by atoms with Crippen molar-refractivity contribution in [1.29, 1.82) is 0 Å². The first-order valence-electron chi connectivity index (χ1n) is 13.0. The first-order chi connectivity index (χ1) is 18.9. The van der Waals surface area contributed by atoms with Gasteiger partial charge in [0.25, 0.3) is 0 Å². The van der Waals surface area contributed by atoms with Crippen molar-refractivity contribution < 1.29 is 9.53 Å². The molecule has 0 aliphatic carbocycles. The molecule has 4 aromatic rings. The lowest BCUT2D eigenvalue weighted by atomic mass is 9.86. The van der Waals surface area contributed by atoms with E-state index in [0.717, 1.165) is 47.6 Å². The minimum Gasteiger partial charge on any atom is -0.494 e. The highest BCUT2D eigenvalue weighted by atomic mass is 16.5. The van der Waals surface area contributed by atoms with Crippen LogP contribution in [0.15, 0.2) is 61.6 Å². The van der Waals surface area contributed by atoms with Crippen molar-refractivity contribution in [2.24, 2.45) is 7.05 Å². The van der Waals surface area contributed by atoms with Gasteiger partial charge in [-0.05, 0) is 56.8 Å². The van der Waals surface area contributed by atoms with Crippen molar-refractivity contribution in [2.45, 2.75) is 18.4 Å². The van der Waals surface area contributed by atoms with Gasteiger partial charge < -0.3 is 24.8 Å². The summed E-state index contributed by atoms with van der Waals surface area (Å²) in [5.41, 5.74) is 6.00. The molecule has 2 N–H and O–H groups in total. The predicted molar refractivity (Wildman–Crippen MR) is 154 cm³/mol. The largest absolute Gasteiger partial charge is 0.494 e. The van der Waals surface area contributed by atoms with Crippen molar-refractivity contribution in [3.8, 4) is 17.0 Å². The number of amides is 1. The Hall–Kier alpha value is -4.44. The van der Waals surface area contributed by atoms with E-state index < -0.39 is 0 Å². The number of nitrogens with zero attached hydrogens (tertiary/aromatic N) is 6. The number of benzene rings is 1. The van der Waals surface area contributed by atoms with Crippen LogP contribution < -0.4 is 20.3 Å². The van der Waals surface area contributed by atoms with E-state index in [-0.39, 0.29) is 11.4 Å². The molecule has 0 saturated carbocycles. The van der Waals surface area contributed by atoms with Gasteiger partial charge in [-0.15, -0.1) is 0 Å². The number of nitrogens with one attached hydrogen (secondary N) is 2. The van der Waals surface area contributed by atoms with Crippen LogP contribution in [0.5, 0.6) is 5.75 Å². The zero-order chi connectivity index (χ0) is 27.1. The fourth-order valence-corrected chi connectivity index (χ4v) is 5.78. The molecule has 2 saturated heterocycles. The predicted octanol–water partition coefficient (Wildman–Crippen LogP) is 4.19. The molecule has 6 rings (SSSR count). The average molecular weight is 525 g/mol. The highest BCUT2D eigenvalue weighted by molar-refractivity contribution is 6.02. The summed E-state index contributed by atoms with van der Waals surface area (Å²) in [5, 5.41) is 6.28. The summed E-state index contributed by atoms with van der Waals surface area (Å²) in [4.78, 5) is 30.9. The standard InChI is InChI=1S/C29H32N8O2/c1-5-26(38)32-21-14-22(25(39-4)15-24(21)37-17-29(18-37)10-7-13-36(29)3)34-28-31-12-9-20(33-28)19-16-35(2)23-8-6-11-30-27(19)23/h5-6,8-9,11-12,14-16H,1,7,10,13,17-18H2,2-4H3,(H,32,38)(H,31,33,34). The van der Waals surface area contributed by atoms with E-state index >= 15 is 0 Å². The summed E-state index contributed by atoms with van der Waals surface area (Å²) in [6.45, 7) is 6.55. The minimum absolute atomic E-state index is 0.203. The Morgan fingerprint density at radius 1 is 1.15 bits per heavy atom. The van der Waals surface area contributed by atoms with Crippen molar-refractivity contribution in [2.75, 3.05) is 49.3 Å². The number of aryl methyl sites for hydroxylation is 1. The van der Waals surface area contributed by atoms with Crippen molar-refractivity contribution >= 4 is 40.0 Å². The number of carbonyl (C=O) groups excluding carboxylic acids is 1. The van der Waals surface area contributed by atoms with E-state index in [9.17, 15) is 4.79 Å². The Labute approximate surface area is 227 Å². The molecule has 200 valence electrons. The van der Waals surface area contributed by atoms with Crippen LogP contribution in [0.25, 0.3) is 22.3 Å². The van der Waals surface area contributed by atoms with Gasteiger partial charge in [-0.2, -0.15) is 0 Å². The van der Waals surface area contributed by atoms with Crippen LogP contribution in [0.1, 0.15) is 12.8 Å². The van der Waals surface area contributed by atoms with Crippen LogP contribution in [-0.4, -0.2) is 69.7 Å². The van der Waals surface area contributed by atoms with Gasteiger partial charge in [0.1, 0.15) is 5.75 Å². The Bertz CT molecular complexity index is 1570. The summed E-state index contributed by atoms with van der Waals surface area (Å²) >= 11 is 0. The van der Waals surface area contributed by atoms with Gasteiger partial charge in [0.15, 0.2) is 0 Å². The summed E-state index contributed by atoms with van der Waals surface area (Å²) in [5.74, 6) is 0.758. The fourth-order valence-electron chi connectivity index (χ4n) is 5.78. The molecule has 1 spiro atoms. The van der Waals surface area contributed by atoms with Gasteiger partial charge in [0.2, 0.25) is 11.9 Å². The maximum Gasteiger partial charge on any atom is 0.247 e. The van der Waals surface area contributed by atoms with Gasteiger partial charge in [-0.25, -0.2) is 9.97 Å².